The second-order valence-corrected chi connectivity index (χ2v) is 5.21. The number of rotatable bonds is 3. The Labute approximate surface area is 128 Å². The van der Waals surface area contributed by atoms with Crippen molar-refractivity contribution >= 4 is 21.6 Å². The second-order valence-electron chi connectivity index (χ2n) is 4.29. The molecule has 0 unspecified atom stereocenters. The highest BCUT2D eigenvalue weighted by Crippen LogP contribution is 2.26. The van der Waals surface area contributed by atoms with Crippen LogP contribution in [-0.2, 0) is 0 Å². The summed E-state index contributed by atoms with van der Waals surface area (Å²) in [4.78, 5) is 14.7. The highest BCUT2D eigenvalue weighted by atomic mass is 79.9. The van der Waals surface area contributed by atoms with E-state index < -0.39 is 4.92 Å². The number of nitro groups is 1. The van der Waals surface area contributed by atoms with Gasteiger partial charge < -0.3 is 0 Å². The molecule has 0 aliphatic rings. The zero-order valence-electron chi connectivity index (χ0n) is 10.7. The van der Waals surface area contributed by atoms with Gasteiger partial charge in [-0.1, -0.05) is 30.3 Å². The van der Waals surface area contributed by atoms with Gasteiger partial charge in [-0.2, -0.15) is 5.10 Å². The van der Waals surface area contributed by atoms with Crippen molar-refractivity contribution in [3.63, 3.8) is 0 Å². The van der Waals surface area contributed by atoms with Crippen molar-refractivity contribution in [2.45, 2.75) is 0 Å². The number of pyridine rings is 1. The van der Waals surface area contributed by atoms with E-state index in [2.05, 4.69) is 26.0 Å². The summed E-state index contributed by atoms with van der Waals surface area (Å²) in [5.74, 6) is 0.186. The van der Waals surface area contributed by atoms with Crippen LogP contribution in [0.2, 0.25) is 0 Å². The van der Waals surface area contributed by atoms with Crippen LogP contribution in [0.1, 0.15) is 0 Å². The predicted octanol–water partition coefficient (Wildman–Crippen LogP) is 3.61. The summed E-state index contributed by atoms with van der Waals surface area (Å²) in [6.07, 6.45) is 4.88. The molecule has 3 rings (SSSR count). The summed E-state index contributed by atoms with van der Waals surface area (Å²) in [5.41, 5.74) is 1.75. The Bertz CT molecular complexity index is 802. The summed E-state index contributed by atoms with van der Waals surface area (Å²) < 4.78 is 1.96. The molecule has 3 aromatic rings. The lowest BCUT2D eigenvalue weighted by atomic mass is 10.1. The number of hydrogen-bond donors (Lipinski definition) is 0. The topological polar surface area (TPSA) is 73.8 Å². The van der Waals surface area contributed by atoms with E-state index in [4.69, 9.17) is 0 Å². The molecule has 2 heterocycles. The largest absolute Gasteiger partial charge is 0.314 e. The lowest BCUT2D eigenvalue weighted by molar-refractivity contribution is -0.385. The van der Waals surface area contributed by atoms with Gasteiger partial charge in [0.05, 0.1) is 11.1 Å². The Morgan fingerprint density at radius 3 is 2.62 bits per heavy atom. The zero-order valence-corrected chi connectivity index (χ0v) is 12.3. The molecule has 0 amide bonds. The average molecular weight is 345 g/mol. The van der Waals surface area contributed by atoms with Crippen LogP contribution in [0.4, 0.5) is 5.69 Å². The standard InChI is InChI=1S/C14H9BrN4O2/c15-12-6-13(19(20)21)14(16-8-12)18-9-11(7-17-18)10-4-2-1-3-5-10/h1-9H. The van der Waals surface area contributed by atoms with Gasteiger partial charge >= 0.3 is 5.69 Å². The number of hydrogen-bond acceptors (Lipinski definition) is 4. The Morgan fingerprint density at radius 2 is 1.90 bits per heavy atom. The average Bonchev–Trinajstić information content (AvgIpc) is 2.97. The maximum absolute atomic E-state index is 11.1. The van der Waals surface area contributed by atoms with Gasteiger partial charge in [0.1, 0.15) is 0 Å². The molecule has 0 saturated heterocycles. The van der Waals surface area contributed by atoms with Crippen LogP contribution < -0.4 is 0 Å². The molecule has 0 saturated carbocycles. The Balaban J connectivity index is 2.07. The lowest BCUT2D eigenvalue weighted by Crippen LogP contribution is -2.03. The zero-order chi connectivity index (χ0) is 14.8. The van der Waals surface area contributed by atoms with Gasteiger partial charge in [-0.05, 0) is 21.5 Å². The van der Waals surface area contributed by atoms with E-state index in [1.807, 2.05) is 30.3 Å². The minimum atomic E-state index is -0.475. The second kappa shape index (κ2) is 5.45. The molecule has 0 aliphatic heterocycles. The SMILES string of the molecule is O=[N+]([O-])c1cc(Br)cnc1-n1cc(-c2ccccc2)cn1. The molecule has 1 aromatic carbocycles. The molecule has 7 heteroatoms. The van der Waals surface area contributed by atoms with E-state index in [0.29, 0.717) is 4.47 Å². The number of benzene rings is 1. The molecule has 0 radical (unpaired) electrons. The molecule has 0 spiro atoms. The summed E-state index contributed by atoms with van der Waals surface area (Å²) in [5, 5.41) is 15.3. The van der Waals surface area contributed by atoms with E-state index in [9.17, 15) is 10.1 Å². The first-order chi connectivity index (χ1) is 10.1. The number of aromatic nitrogens is 3. The molecule has 0 fully saturated rings. The molecule has 21 heavy (non-hydrogen) atoms. The Hall–Kier alpha value is -2.54. The summed E-state index contributed by atoms with van der Waals surface area (Å²) in [6, 6.07) is 11.1. The Kier molecular flexibility index (Phi) is 3.49. The summed E-state index contributed by atoms with van der Waals surface area (Å²) in [6.45, 7) is 0. The third-order valence-electron chi connectivity index (χ3n) is 2.92. The highest BCUT2D eigenvalue weighted by Gasteiger charge is 2.18. The van der Waals surface area contributed by atoms with E-state index in [-0.39, 0.29) is 11.5 Å². The van der Waals surface area contributed by atoms with Crippen molar-refractivity contribution in [3.05, 3.63) is 69.6 Å². The molecular weight excluding hydrogens is 336 g/mol. The molecular formula is C14H9BrN4O2. The third-order valence-corrected chi connectivity index (χ3v) is 3.35. The van der Waals surface area contributed by atoms with Crippen molar-refractivity contribution in [3.8, 4) is 16.9 Å². The van der Waals surface area contributed by atoms with E-state index in [1.54, 1.807) is 12.4 Å². The molecule has 2 aromatic heterocycles. The fraction of sp³-hybridized carbons (Fsp3) is 0. The normalized spacial score (nSPS) is 10.5. The fourth-order valence-electron chi connectivity index (χ4n) is 1.95. The molecule has 6 nitrogen and oxygen atoms in total. The van der Waals surface area contributed by atoms with Gasteiger partial charge in [0.25, 0.3) is 0 Å². The van der Waals surface area contributed by atoms with E-state index in [1.165, 1.54) is 16.9 Å². The van der Waals surface area contributed by atoms with Gasteiger partial charge in [0.2, 0.25) is 5.82 Å². The molecule has 0 bridgehead atoms. The predicted molar refractivity (Wildman–Crippen MR) is 81.1 cm³/mol. The highest BCUT2D eigenvalue weighted by molar-refractivity contribution is 9.10. The maximum Gasteiger partial charge on any atom is 0.314 e. The lowest BCUT2D eigenvalue weighted by Gasteiger charge is -2.02. The fourth-order valence-corrected chi connectivity index (χ4v) is 2.27. The molecule has 0 aliphatic carbocycles. The van der Waals surface area contributed by atoms with Crippen LogP contribution in [-0.4, -0.2) is 19.7 Å². The monoisotopic (exact) mass is 344 g/mol. The molecule has 104 valence electrons. The van der Waals surface area contributed by atoms with Crippen LogP contribution in [0.3, 0.4) is 0 Å². The summed E-state index contributed by atoms with van der Waals surface area (Å²) >= 11 is 3.18. The first-order valence-corrected chi connectivity index (χ1v) is 6.85. The third kappa shape index (κ3) is 2.68. The number of halogens is 1. The maximum atomic E-state index is 11.1. The van der Waals surface area contributed by atoms with E-state index >= 15 is 0 Å². The van der Waals surface area contributed by atoms with Crippen LogP contribution in [0.15, 0.2) is 59.5 Å². The van der Waals surface area contributed by atoms with Crippen molar-refractivity contribution in [1.29, 1.82) is 0 Å². The van der Waals surface area contributed by atoms with Gasteiger partial charge in [0, 0.05) is 28.5 Å². The van der Waals surface area contributed by atoms with Crippen molar-refractivity contribution < 1.29 is 4.92 Å². The van der Waals surface area contributed by atoms with Crippen LogP contribution in [0.5, 0.6) is 0 Å². The van der Waals surface area contributed by atoms with Crippen LogP contribution >= 0.6 is 15.9 Å². The van der Waals surface area contributed by atoms with Crippen LogP contribution in [0, 0.1) is 10.1 Å². The van der Waals surface area contributed by atoms with E-state index in [0.717, 1.165) is 11.1 Å². The minimum absolute atomic E-state index is 0.105. The Morgan fingerprint density at radius 1 is 1.14 bits per heavy atom. The van der Waals surface area contributed by atoms with Gasteiger partial charge in [-0.15, -0.1) is 0 Å². The van der Waals surface area contributed by atoms with Crippen molar-refractivity contribution in [2.24, 2.45) is 0 Å². The molecule has 0 atom stereocenters. The van der Waals surface area contributed by atoms with Gasteiger partial charge in [-0.25, -0.2) is 9.67 Å². The first-order valence-electron chi connectivity index (χ1n) is 6.05. The first kappa shape index (κ1) is 13.4. The van der Waals surface area contributed by atoms with Crippen LogP contribution in [0.25, 0.3) is 16.9 Å². The minimum Gasteiger partial charge on any atom is -0.258 e. The van der Waals surface area contributed by atoms with Crippen molar-refractivity contribution in [2.75, 3.05) is 0 Å². The number of nitrogens with zero attached hydrogens (tertiary/aromatic N) is 4. The van der Waals surface area contributed by atoms with Gasteiger partial charge in [-0.3, -0.25) is 10.1 Å². The van der Waals surface area contributed by atoms with Gasteiger partial charge in [0.15, 0.2) is 0 Å². The summed E-state index contributed by atoms with van der Waals surface area (Å²) in [7, 11) is 0. The smallest absolute Gasteiger partial charge is 0.258 e. The quantitative estimate of drug-likeness (QED) is 0.537. The van der Waals surface area contributed by atoms with Crippen molar-refractivity contribution in [1.82, 2.24) is 14.8 Å². The molecule has 0 N–H and O–H groups in total.